The van der Waals surface area contributed by atoms with Gasteiger partial charge >= 0.3 is 11.9 Å². The van der Waals surface area contributed by atoms with Crippen LogP contribution < -0.4 is 25.0 Å². The number of piperidine rings is 3. The lowest BCUT2D eigenvalue weighted by Crippen LogP contribution is -2.46. The molecule has 434 valence electrons. The second-order valence-electron chi connectivity index (χ2n) is 20.1. The molecule has 6 heterocycles. The maximum atomic E-state index is 13.0. The molecular formula is C55H77N7O14S3. The van der Waals surface area contributed by atoms with E-state index in [0.717, 1.165) is 55.4 Å². The molecule has 0 radical (unpaired) electrons. The van der Waals surface area contributed by atoms with E-state index >= 15 is 0 Å². The number of hydrogen-bond donors (Lipinski definition) is 3. The minimum Gasteiger partial charge on any atom is -0.491 e. The number of carbonyl (C=O) groups is 8. The van der Waals surface area contributed by atoms with Crippen LogP contribution in [0.4, 0.5) is 0 Å². The number of likely N-dealkylation sites (tertiary alicyclic amines) is 2. The number of fused-ring (bicyclic) bond motifs is 3. The summed E-state index contributed by atoms with van der Waals surface area (Å²) >= 11 is 0. The molecule has 0 unspecified atom stereocenters. The van der Waals surface area contributed by atoms with Crippen LogP contribution in [0.25, 0.3) is 0 Å². The van der Waals surface area contributed by atoms with Crippen LogP contribution >= 0.6 is 40.5 Å². The Balaban J connectivity index is 0.000000251. The van der Waals surface area contributed by atoms with E-state index < -0.39 is 11.9 Å². The number of nitrogens with one attached hydrogen (secondary N) is 2. The zero-order valence-electron chi connectivity index (χ0n) is 45.5. The average molecular weight is 1160 g/mol. The number of amides is 6. The lowest BCUT2D eigenvalue weighted by molar-refractivity contribution is -0.141. The molecule has 0 aromatic heterocycles. The second-order valence-corrected chi connectivity index (χ2v) is 20.1. The molecule has 6 aliphatic rings. The van der Waals surface area contributed by atoms with E-state index in [-0.39, 0.29) is 100 Å². The lowest BCUT2D eigenvalue weighted by atomic mass is 9.94. The predicted octanol–water partition coefficient (Wildman–Crippen LogP) is 4.16. The van der Waals surface area contributed by atoms with Crippen molar-refractivity contribution in [3.8, 4) is 17.2 Å². The van der Waals surface area contributed by atoms with Gasteiger partial charge in [0.2, 0.25) is 30.5 Å². The molecule has 0 saturated carbocycles. The maximum Gasteiger partial charge on any atom is 0.337 e. The Bertz CT molecular complexity index is 2470. The van der Waals surface area contributed by atoms with Gasteiger partial charge in [-0.25, -0.2) is 15.1 Å². The molecule has 3 N–H and O–H groups in total. The van der Waals surface area contributed by atoms with Gasteiger partial charge in [-0.1, -0.05) is 18.2 Å². The molecule has 6 aliphatic heterocycles. The van der Waals surface area contributed by atoms with Crippen molar-refractivity contribution < 1.29 is 67.2 Å². The normalized spacial score (nSPS) is 20.1. The molecule has 3 aromatic rings. The summed E-state index contributed by atoms with van der Waals surface area (Å²) in [6, 6.07) is 15.2. The Morgan fingerprint density at radius 2 is 0.848 bits per heavy atom. The summed E-state index contributed by atoms with van der Waals surface area (Å²) in [5, 5.41) is 12.1. The second kappa shape index (κ2) is 31.0. The van der Waals surface area contributed by atoms with Crippen LogP contribution in [-0.4, -0.2) is 170 Å². The third-order valence-electron chi connectivity index (χ3n) is 15.1. The van der Waals surface area contributed by atoms with Crippen LogP contribution in [0.2, 0.25) is 0 Å². The van der Waals surface area contributed by atoms with E-state index in [2.05, 4.69) is 5.32 Å². The van der Waals surface area contributed by atoms with Gasteiger partial charge in [0.05, 0.1) is 43.5 Å². The number of methoxy groups -OCH3 is 2. The van der Waals surface area contributed by atoms with Crippen molar-refractivity contribution in [3.63, 3.8) is 0 Å². The van der Waals surface area contributed by atoms with E-state index in [4.69, 9.17) is 28.9 Å². The molecule has 0 aliphatic carbocycles. The summed E-state index contributed by atoms with van der Waals surface area (Å²) in [6.07, 6.45) is 6.17. The van der Waals surface area contributed by atoms with Crippen molar-refractivity contribution in [2.75, 3.05) is 73.3 Å². The topological polar surface area (TPSA) is 243 Å². The predicted molar refractivity (Wildman–Crippen MR) is 305 cm³/mol. The number of rotatable bonds is 8. The van der Waals surface area contributed by atoms with Crippen LogP contribution in [0, 0.1) is 17.8 Å². The third kappa shape index (κ3) is 16.5. The van der Waals surface area contributed by atoms with Crippen molar-refractivity contribution in [2.45, 2.75) is 97.1 Å². The average Bonchev–Trinajstić information content (AvgIpc) is 3.89. The number of esters is 2. The molecule has 3 fully saturated rings. The smallest absolute Gasteiger partial charge is 0.337 e. The van der Waals surface area contributed by atoms with Crippen molar-refractivity contribution in [1.82, 2.24) is 35.3 Å². The van der Waals surface area contributed by atoms with E-state index in [1.807, 2.05) is 47.6 Å². The minimum atomic E-state index is -0.608. The van der Waals surface area contributed by atoms with E-state index in [9.17, 15) is 38.4 Å². The van der Waals surface area contributed by atoms with Gasteiger partial charge in [-0.15, -0.1) is 0 Å². The molecule has 3 aromatic carbocycles. The Morgan fingerprint density at radius 3 is 1.16 bits per heavy atom. The van der Waals surface area contributed by atoms with Crippen LogP contribution in [0.3, 0.4) is 0 Å². The van der Waals surface area contributed by atoms with Gasteiger partial charge in [0.1, 0.15) is 37.1 Å². The van der Waals surface area contributed by atoms with Crippen molar-refractivity contribution >= 4 is 88.9 Å². The first-order valence-corrected chi connectivity index (χ1v) is 26.1. The number of benzene rings is 3. The van der Waals surface area contributed by atoms with Crippen LogP contribution in [0.1, 0.15) is 107 Å². The summed E-state index contributed by atoms with van der Waals surface area (Å²) in [5.74, 6) is 0.739. The third-order valence-corrected chi connectivity index (χ3v) is 15.1. The highest BCUT2D eigenvalue weighted by molar-refractivity contribution is 7.59. The van der Waals surface area contributed by atoms with Crippen LogP contribution in [0.15, 0.2) is 54.6 Å². The zero-order chi connectivity index (χ0) is 54.5. The number of ether oxygens (including phenoxy) is 5. The molecule has 0 spiro atoms. The van der Waals surface area contributed by atoms with Gasteiger partial charge < -0.3 is 53.5 Å². The summed E-state index contributed by atoms with van der Waals surface area (Å²) in [4.78, 5) is 105. The molecular weight excluding hydrogens is 1080 g/mol. The van der Waals surface area contributed by atoms with E-state index in [1.165, 1.54) is 14.2 Å². The summed E-state index contributed by atoms with van der Waals surface area (Å²) in [6.45, 7) is 12.7. The Labute approximate surface area is 482 Å². The Hall–Kier alpha value is -6.21. The summed E-state index contributed by atoms with van der Waals surface area (Å²) in [5.41, 5.74) is 5.41. The number of hydrogen-bond acceptors (Lipinski definition) is 15. The first kappa shape index (κ1) is 65.3. The van der Waals surface area contributed by atoms with Gasteiger partial charge in [-0.05, 0) is 109 Å². The quantitative estimate of drug-likeness (QED) is 0.124. The SMILES string of the molecule is COC(=O)c1ccc2c(c1)OC[C@H](C)N(C(=O)C1CCN(C=O)CC1)C2.COC(=O)c1ccc2c(c1)OC[C@H](C)N(C(=O)C1CCNCC1)C2.C[C@H]1COc2cc(C(=O)NO)ccc2CN1C(=O)C1CCN(C=O)CC1.S.S.S. The molecule has 3 saturated heterocycles. The molecule has 79 heavy (non-hydrogen) atoms. The highest BCUT2D eigenvalue weighted by atomic mass is 32.1. The highest BCUT2D eigenvalue weighted by Gasteiger charge is 2.36. The fourth-order valence-electron chi connectivity index (χ4n) is 10.2. The largest absolute Gasteiger partial charge is 0.491 e. The van der Waals surface area contributed by atoms with Gasteiger partial charge in [0.25, 0.3) is 5.91 Å². The standard InChI is InChI=1S/C19H24N2O5.C18H23N3O5.C18H24N2O4.3H2S/c1-13-11-26-17-9-15(19(24)25-2)3-4-16(17)10-21(13)18(23)14-5-7-20(12-22)8-6-14;1-12-10-26-16-8-14(17(23)19-25)2-3-15(16)9-21(12)18(24)13-4-6-20(11-22)7-5-13;1-12-11-24-16-9-14(18(22)23-2)3-4-15(16)10-20(12)17(21)13-5-7-19-8-6-13;;;/h3-4,9,12-14H,5-8,10-11H2,1-2H3;2-3,8,11-13,25H,4-7,9-10H2,1H3,(H,19,23);3-4,9,12-13,19H,5-8,10-11H2,1-2H3;3*1H2/t13-;2*12-;;;/m000.../s1. The number of nitrogens with zero attached hydrogens (tertiary/aromatic N) is 5. The monoisotopic (exact) mass is 1160 g/mol. The molecule has 21 nitrogen and oxygen atoms in total. The Kier molecular flexibility index (Phi) is 25.6. The molecule has 3 atom stereocenters. The van der Waals surface area contributed by atoms with E-state index in [0.29, 0.717) is 125 Å². The fraction of sp³-hybridized carbons (Fsp3) is 0.527. The van der Waals surface area contributed by atoms with Gasteiger partial charge in [0, 0.05) is 85.8 Å². The van der Waals surface area contributed by atoms with Crippen molar-refractivity contribution in [1.29, 1.82) is 0 Å². The first-order valence-electron chi connectivity index (χ1n) is 26.1. The minimum absolute atomic E-state index is 0. The summed E-state index contributed by atoms with van der Waals surface area (Å²) < 4.78 is 27.0. The number of carbonyl (C=O) groups excluding carboxylic acids is 8. The zero-order valence-corrected chi connectivity index (χ0v) is 48.5. The van der Waals surface area contributed by atoms with Crippen molar-refractivity contribution in [3.05, 3.63) is 88.0 Å². The fourth-order valence-corrected chi connectivity index (χ4v) is 10.2. The molecule has 6 amide bonds. The molecule has 9 rings (SSSR count). The van der Waals surface area contributed by atoms with Gasteiger partial charge in [0.15, 0.2) is 0 Å². The highest BCUT2D eigenvalue weighted by Crippen LogP contribution is 2.33. The van der Waals surface area contributed by atoms with Crippen molar-refractivity contribution in [2.24, 2.45) is 17.8 Å². The molecule has 0 bridgehead atoms. The lowest BCUT2D eigenvalue weighted by Gasteiger charge is -2.34. The van der Waals surface area contributed by atoms with E-state index in [1.54, 1.807) is 57.7 Å². The van der Waals surface area contributed by atoms with Gasteiger partial charge in [-0.2, -0.15) is 40.5 Å². The van der Waals surface area contributed by atoms with Crippen LogP contribution in [0.5, 0.6) is 17.2 Å². The Morgan fingerprint density at radius 1 is 0.532 bits per heavy atom. The first-order chi connectivity index (χ1) is 36.7. The maximum absolute atomic E-state index is 13.0. The van der Waals surface area contributed by atoms with Crippen LogP contribution in [-0.2, 0) is 53.1 Å². The number of hydroxylamine groups is 1. The summed E-state index contributed by atoms with van der Waals surface area (Å²) in [7, 11) is 2.70. The van der Waals surface area contributed by atoms with Gasteiger partial charge in [-0.3, -0.25) is 34.0 Å². The molecule has 24 heteroatoms.